The zero-order chi connectivity index (χ0) is 12.9. The number of hydrogen-bond acceptors (Lipinski definition) is 6. The first-order valence-electron chi connectivity index (χ1n) is 4.63. The van der Waals surface area contributed by atoms with E-state index in [0.29, 0.717) is 4.68 Å². The van der Waals surface area contributed by atoms with Gasteiger partial charge in [0.05, 0.1) is 4.92 Å². The van der Waals surface area contributed by atoms with Crippen LogP contribution in [0, 0.1) is 10.1 Å². The van der Waals surface area contributed by atoms with E-state index >= 15 is 0 Å². The SMILES string of the molecule is O=[N+]([O-])c1ccc2c(c1)-n1nnnc1C(F)(F)O2. The molecule has 1 aromatic carbocycles. The lowest BCUT2D eigenvalue weighted by Crippen LogP contribution is -2.31. The van der Waals surface area contributed by atoms with Crippen molar-refractivity contribution >= 4 is 5.69 Å². The predicted octanol–water partition coefficient (Wildman–Crippen LogP) is 1.01. The number of aromatic nitrogens is 4. The van der Waals surface area contributed by atoms with E-state index in [0.717, 1.165) is 18.2 Å². The molecule has 1 aromatic heterocycles. The fourth-order valence-electron chi connectivity index (χ4n) is 1.59. The van der Waals surface area contributed by atoms with Gasteiger partial charge in [-0.3, -0.25) is 10.1 Å². The second-order valence-electron chi connectivity index (χ2n) is 3.44. The van der Waals surface area contributed by atoms with E-state index < -0.39 is 16.9 Å². The van der Waals surface area contributed by atoms with Crippen LogP contribution in [0.3, 0.4) is 0 Å². The maximum atomic E-state index is 13.4. The summed E-state index contributed by atoms with van der Waals surface area (Å²) in [6.07, 6.45) is -3.67. The van der Waals surface area contributed by atoms with Gasteiger partial charge >= 0.3 is 6.11 Å². The van der Waals surface area contributed by atoms with Crippen molar-refractivity contribution in [1.29, 1.82) is 0 Å². The molecule has 0 saturated carbocycles. The maximum Gasteiger partial charge on any atom is 0.464 e. The summed E-state index contributed by atoms with van der Waals surface area (Å²) < 4.78 is 32.0. The Morgan fingerprint density at radius 3 is 2.94 bits per heavy atom. The first kappa shape index (κ1) is 10.5. The minimum Gasteiger partial charge on any atom is -0.424 e. The Bertz CT molecular complexity index is 656. The number of non-ortho nitro benzene ring substituents is 1. The summed E-state index contributed by atoms with van der Waals surface area (Å²) in [5, 5.41) is 20.2. The zero-order valence-corrected chi connectivity index (χ0v) is 8.45. The molecule has 18 heavy (non-hydrogen) atoms. The van der Waals surface area contributed by atoms with Crippen molar-refractivity contribution < 1.29 is 18.4 Å². The second kappa shape index (κ2) is 3.18. The number of alkyl halides is 2. The third-order valence-corrected chi connectivity index (χ3v) is 2.35. The minimum absolute atomic E-state index is 0.00451. The molecule has 3 rings (SSSR count). The van der Waals surface area contributed by atoms with E-state index in [1.807, 2.05) is 0 Å². The van der Waals surface area contributed by atoms with Crippen LogP contribution in [0.2, 0.25) is 0 Å². The first-order chi connectivity index (χ1) is 8.49. The van der Waals surface area contributed by atoms with Gasteiger partial charge in [-0.15, -0.1) is 5.10 Å². The normalized spacial score (nSPS) is 15.4. The lowest BCUT2D eigenvalue weighted by molar-refractivity contribution is -0.384. The molecule has 10 heteroatoms. The fraction of sp³-hybridized carbons (Fsp3) is 0.125. The van der Waals surface area contributed by atoms with E-state index in [-0.39, 0.29) is 17.1 Å². The van der Waals surface area contributed by atoms with E-state index in [4.69, 9.17) is 0 Å². The molecule has 2 heterocycles. The van der Waals surface area contributed by atoms with Gasteiger partial charge in [-0.05, 0) is 16.5 Å². The largest absolute Gasteiger partial charge is 0.464 e. The lowest BCUT2D eigenvalue weighted by Gasteiger charge is -2.23. The van der Waals surface area contributed by atoms with Crippen LogP contribution in [0.25, 0.3) is 5.69 Å². The number of nitro benzene ring substituents is 1. The van der Waals surface area contributed by atoms with Crippen molar-refractivity contribution in [2.45, 2.75) is 6.11 Å². The van der Waals surface area contributed by atoms with Crippen LogP contribution in [0.4, 0.5) is 14.5 Å². The molecule has 1 aliphatic heterocycles. The van der Waals surface area contributed by atoms with Gasteiger partial charge in [0.2, 0.25) is 0 Å². The molecule has 0 spiro atoms. The molecule has 0 atom stereocenters. The monoisotopic (exact) mass is 255 g/mol. The van der Waals surface area contributed by atoms with Crippen molar-refractivity contribution in [3.63, 3.8) is 0 Å². The average Bonchev–Trinajstić information content (AvgIpc) is 2.78. The number of halogens is 2. The smallest absolute Gasteiger partial charge is 0.424 e. The number of nitrogens with zero attached hydrogens (tertiary/aromatic N) is 5. The Balaban J connectivity index is 2.25. The second-order valence-corrected chi connectivity index (χ2v) is 3.44. The summed E-state index contributed by atoms with van der Waals surface area (Å²) in [5.74, 6) is -1.05. The van der Waals surface area contributed by atoms with Gasteiger partial charge in [0, 0.05) is 12.1 Å². The number of benzene rings is 1. The van der Waals surface area contributed by atoms with Gasteiger partial charge in [-0.1, -0.05) is 0 Å². The number of nitro groups is 1. The van der Waals surface area contributed by atoms with Gasteiger partial charge < -0.3 is 4.74 Å². The number of tetrazole rings is 1. The van der Waals surface area contributed by atoms with Crippen LogP contribution in [0.15, 0.2) is 18.2 Å². The lowest BCUT2D eigenvalue weighted by atomic mass is 10.2. The Labute approximate surface area is 96.9 Å². The summed E-state index contributed by atoms with van der Waals surface area (Å²) in [7, 11) is 0. The van der Waals surface area contributed by atoms with Crippen LogP contribution >= 0.6 is 0 Å². The highest BCUT2D eigenvalue weighted by molar-refractivity contribution is 5.54. The molecule has 92 valence electrons. The fourth-order valence-corrected chi connectivity index (χ4v) is 1.59. The Hall–Kier alpha value is -2.65. The molecule has 0 fully saturated rings. The number of ether oxygens (including phenoxy) is 1. The molecule has 0 aliphatic carbocycles. The minimum atomic E-state index is -3.67. The van der Waals surface area contributed by atoms with Gasteiger partial charge in [-0.25, -0.2) is 0 Å². The first-order valence-corrected chi connectivity index (χ1v) is 4.63. The van der Waals surface area contributed by atoms with Crippen LogP contribution in [-0.4, -0.2) is 25.1 Å². The van der Waals surface area contributed by atoms with Crippen LogP contribution in [-0.2, 0) is 6.11 Å². The summed E-state index contributed by atoms with van der Waals surface area (Å²) in [5.41, 5.74) is -0.279. The number of fused-ring (bicyclic) bond motifs is 3. The Kier molecular flexibility index (Phi) is 1.86. The molecule has 2 aromatic rings. The summed E-state index contributed by atoms with van der Waals surface area (Å²) >= 11 is 0. The Morgan fingerprint density at radius 1 is 1.44 bits per heavy atom. The van der Waals surface area contributed by atoms with E-state index in [9.17, 15) is 18.9 Å². The highest BCUT2D eigenvalue weighted by Gasteiger charge is 2.46. The molecule has 1 aliphatic rings. The molecular formula is C8H3F2N5O3. The van der Waals surface area contributed by atoms with Gasteiger partial charge in [0.1, 0.15) is 5.69 Å². The Morgan fingerprint density at radius 2 is 2.22 bits per heavy atom. The van der Waals surface area contributed by atoms with E-state index in [1.165, 1.54) is 0 Å². The van der Waals surface area contributed by atoms with E-state index in [2.05, 4.69) is 20.3 Å². The van der Waals surface area contributed by atoms with Crippen molar-refractivity contribution in [1.82, 2.24) is 20.2 Å². The summed E-state index contributed by atoms with van der Waals surface area (Å²) in [4.78, 5) is 9.96. The standard InChI is InChI=1S/C8H3F2N5O3/c9-8(10)7-11-12-13-14(7)5-3-4(15(16)17)1-2-6(5)18-8/h1-3H. The molecule has 0 bridgehead atoms. The van der Waals surface area contributed by atoms with Gasteiger partial charge in [-0.2, -0.15) is 13.5 Å². The third-order valence-electron chi connectivity index (χ3n) is 2.35. The number of hydrogen-bond donors (Lipinski definition) is 0. The number of rotatable bonds is 1. The van der Waals surface area contributed by atoms with Gasteiger partial charge in [0.15, 0.2) is 5.75 Å². The molecule has 0 radical (unpaired) electrons. The summed E-state index contributed by atoms with van der Waals surface area (Å²) in [6.45, 7) is 0. The van der Waals surface area contributed by atoms with Gasteiger partial charge in [0.25, 0.3) is 11.5 Å². The van der Waals surface area contributed by atoms with Crippen molar-refractivity contribution in [3.8, 4) is 11.4 Å². The molecule has 0 unspecified atom stereocenters. The average molecular weight is 255 g/mol. The molecular weight excluding hydrogens is 252 g/mol. The highest BCUT2D eigenvalue weighted by Crippen LogP contribution is 2.40. The topological polar surface area (TPSA) is 96.0 Å². The van der Waals surface area contributed by atoms with Crippen LogP contribution < -0.4 is 4.74 Å². The maximum absolute atomic E-state index is 13.4. The molecule has 0 N–H and O–H groups in total. The molecule has 0 saturated heterocycles. The highest BCUT2D eigenvalue weighted by atomic mass is 19.3. The van der Waals surface area contributed by atoms with E-state index in [1.54, 1.807) is 0 Å². The predicted molar refractivity (Wildman–Crippen MR) is 50.3 cm³/mol. The summed E-state index contributed by atoms with van der Waals surface area (Å²) in [6, 6.07) is 3.20. The van der Waals surface area contributed by atoms with Crippen LogP contribution in [0.5, 0.6) is 5.75 Å². The van der Waals surface area contributed by atoms with Crippen molar-refractivity contribution in [3.05, 3.63) is 34.1 Å². The van der Waals surface area contributed by atoms with Crippen molar-refractivity contribution in [2.75, 3.05) is 0 Å². The zero-order valence-electron chi connectivity index (χ0n) is 8.45. The molecule has 0 amide bonds. The quantitative estimate of drug-likeness (QED) is 0.557. The van der Waals surface area contributed by atoms with Crippen molar-refractivity contribution in [2.24, 2.45) is 0 Å². The third kappa shape index (κ3) is 1.31. The van der Waals surface area contributed by atoms with Crippen LogP contribution in [0.1, 0.15) is 5.82 Å². The molecule has 8 nitrogen and oxygen atoms in total.